The van der Waals surface area contributed by atoms with Crippen molar-refractivity contribution in [2.24, 2.45) is 0 Å². The lowest BCUT2D eigenvalue weighted by atomic mass is 10.2. The molecule has 0 saturated carbocycles. The van der Waals surface area contributed by atoms with Gasteiger partial charge in [-0.25, -0.2) is 4.79 Å². The van der Waals surface area contributed by atoms with Crippen LogP contribution in [0.4, 0.5) is 10.5 Å². The highest BCUT2D eigenvalue weighted by Gasteiger charge is 2.12. The van der Waals surface area contributed by atoms with Crippen molar-refractivity contribution < 1.29 is 19.4 Å². The molecule has 1 rings (SSSR count). The number of methoxy groups -OCH3 is 1. The molecular weight excluding hydrogens is 248 g/mol. The van der Waals surface area contributed by atoms with E-state index in [1.54, 1.807) is 19.1 Å². The molecular formula is C13H18N2O4. The zero-order chi connectivity index (χ0) is 14.4. The van der Waals surface area contributed by atoms with E-state index in [0.717, 1.165) is 5.56 Å². The van der Waals surface area contributed by atoms with Gasteiger partial charge in [-0.3, -0.25) is 4.79 Å². The lowest BCUT2D eigenvalue weighted by Gasteiger charge is -2.14. The van der Waals surface area contributed by atoms with Crippen LogP contribution in [-0.4, -0.2) is 30.3 Å². The maximum absolute atomic E-state index is 11.7. The van der Waals surface area contributed by atoms with Gasteiger partial charge >= 0.3 is 12.0 Å². The quantitative estimate of drug-likeness (QED) is 0.760. The number of urea groups is 1. The van der Waals surface area contributed by atoms with Gasteiger partial charge in [-0.2, -0.15) is 0 Å². The molecule has 0 heterocycles. The van der Waals surface area contributed by atoms with Crippen LogP contribution < -0.4 is 15.4 Å². The SMILES string of the molecule is COc1ccc(C)cc1NC(=O)NC(C)CC(=O)O. The van der Waals surface area contributed by atoms with Crippen LogP contribution in [0.1, 0.15) is 18.9 Å². The number of rotatable bonds is 5. The maximum Gasteiger partial charge on any atom is 0.319 e. The minimum absolute atomic E-state index is 0.127. The van der Waals surface area contributed by atoms with Crippen molar-refractivity contribution in [1.82, 2.24) is 5.32 Å². The highest BCUT2D eigenvalue weighted by molar-refractivity contribution is 5.91. The van der Waals surface area contributed by atoms with Gasteiger partial charge in [-0.05, 0) is 31.5 Å². The van der Waals surface area contributed by atoms with Gasteiger partial charge in [0, 0.05) is 6.04 Å². The van der Waals surface area contributed by atoms with E-state index < -0.39 is 18.0 Å². The molecule has 1 unspecified atom stereocenters. The Morgan fingerprint density at radius 1 is 1.42 bits per heavy atom. The van der Waals surface area contributed by atoms with Crippen LogP contribution in [0.15, 0.2) is 18.2 Å². The van der Waals surface area contributed by atoms with Gasteiger partial charge in [0.05, 0.1) is 19.2 Å². The van der Waals surface area contributed by atoms with E-state index in [9.17, 15) is 9.59 Å². The van der Waals surface area contributed by atoms with E-state index in [1.165, 1.54) is 7.11 Å². The number of amides is 2. The van der Waals surface area contributed by atoms with Gasteiger partial charge < -0.3 is 20.5 Å². The molecule has 1 aromatic carbocycles. The van der Waals surface area contributed by atoms with E-state index in [0.29, 0.717) is 11.4 Å². The Bertz CT molecular complexity index is 474. The third kappa shape index (κ3) is 4.87. The molecule has 104 valence electrons. The van der Waals surface area contributed by atoms with Crippen LogP contribution in [0.5, 0.6) is 5.75 Å². The number of carbonyl (C=O) groups excluding carboxylic acids is 1. The molecule has 0 spiro atoms. The molecule has 0 aliphatic carbocycles. The fourth-order valence-electron chi connectivity index (χ4n) is 1.61. The number of nitrogens with one attached hydrogen (secondary N) is 2. The molecule has 19 heavy (non-hydrogen) atoms. The summed E-state index contributed by atoms with van der Waals surface area (Å²) < 4.78 is 5.13. The van der Waals surface area contributed by atoms with Crippen LogP contribution in [0.2, 0.25) is 0 Å². The normalized spacial score (nSPS) is 11.5. The van der Waals surface area contributed by atoms with Gasteiger partial charge in [0.15, 0.2) is 0 Å². The number of hydrogen-bond acceptors (Lipinski definition) is 3. The minimum Gasteiger partial charge on any atom is -0.495 e. The van der Waals surface area contributed by atoms with Gasteiger partial charge in [0.1, 0.15) is 5.75 Å². The van der Waals surface area contributed by atoms with E-state index in [1.807, 2.05) is 13.0 Å². The standard InChI is InChI=1S/C13H18N2O4/c1-8-4-5-11(19-3)10(6-8)15-13(18)14-9(2)7-12(16)17/h4-6,9H,7H2,1-3H3,(H,16,17)(H2,14,15,18). The Balaban J connectivity index is 2.66. The first-order valence-corrected chi connectivity index (χ1v) is 5.86. The Morgan fingerprint density at radius 3 is 2.68 bits per heavy atom. The largest absolute Gasteiger partial charge is 0.495 e. The second-order valence-electron chi connectivity index (χ2n) is 4.30. The summed E-state index contributed by atoms with van der Waals surface area (Å²) in [6.45, 7) is 3.52. The van der Waals surface area contributed by atoms with Crippen molar-refractivity contribution in [3.63, 3.8) is 0 Å². The smallest absolute Gasteiger partial charge is 0.319 e. The highest BCUT2D eigenvalue weighted by atomic mass is 16.5. The number of benzene rings is 1. The molecule has 0 fully saturated rings. The number of carbonyl (C=O) groups is 2. The van der Waals surface area contributed by atoms with Crippen molar-refractivity contribution >= 4 is 17.7 Å². The molecule has 3 N–H and O–H groups in total. The average Bonchev–Trinajstić information content (AvgIpc) is 2.27. The fraction of sp³-hybridized carbons (Fsp3) is 0.385. The van der Waals surface area contributed by atoms with Crippen molar-refractivity contribution in [3.8, 4) is 5.75 Å². The summed E-state index contributed by atoms with van der Waals surface area (Å²) in [7, 11) is 1.51. The molecule has 2 amide bonds. The summed E-state index contributed by atoms with van der Waals surface area (Å²) >= 11 is 0. The van der Waals surface area contributed by atoms with Crippen molar-refractivity contribution in [3.05, 3.63) is 23.8 Å². The first kappa shape index (κ1) is 14.8. The molecule has 1 aromatic rings. The second-order valence-corrected chi connectivity index (χ2v) is 4.30. The Labute approximate surface area is 111 Å². The Kier molecular flexibility index (Phi) is 5.17. The number of carboxylic acids is 1. The van der Waals surface area contributed by atoms with Crippen molar-refractivity contribution in [2.45, 2.75) is 26.3 Å². The number of anilines is 1. The third-order valence-electron chi connectivity index (χ3n) is 2.46. The van der Waals surface area contributed by atoms with Gasteiger partial charge in [0.25, 0.3) is 0 Å². The summed E-state index contributed by atoms with van der Waals surface area (Å²) in [6, 6.07) is 4.49. The molecule has 0 aliphatic heterocycles. The maximum atomic E-state index is 11.7. The molecule has 0 aliphatic rings. The van der Waals surface area contributed by atoms with Gasteiger partial charge in [0.2, 0.25) is 0 Å². The van der Waals surface area contributed by atoms with Crippen LogP contribution >= 0.6 is 0 Å². The first-order valence-electron chi connectivity index (χ1n) is 5.86. The Hall–Kier alpha value is -2.24. The predicted octanol–water partition coefficient (Wildman–Crippen LogP) is 1.99. The van der Waals surface area contributed by atoms with Crippen molar-refractivity contribution in [2.75, 3.05) is 12.4 Å². The lowest BCUT2D eigenvalue weighted by molar-refractivity contribution is -0.137. The summed E-state index contributed by atoms with van der Waals surface area (Å²) in [5, 5.41) is 13.8. The van der Waals surface area contributed by atoms with E-state index in [2.05, 4.69) is 10.6 Å². The summed E-state index contributed by atoms with van der Waals surface area (Å²) in [4.78, 5) is 22.2. The van der Waals surface area contributed by atoms with Gasteiger partial charge in [-0.15, -0.1) is 0 Å². The number of aliphatic carboxylic acids is 1. The van der Waals surface area contributed by atoms with Crippen LogP contribution in [-0.2, 0) is 4.79 Å². The summed E-state index contributed by atoms with van der Waals surface area (Å²) in [5.74, 6) is -0.410. The number of aryl methyl sites for hydroxylation is 1. The molecule has 0 bridgehead atoms. The topological polar surface area (TPSA) is 87.7 Å². The zero-order valence-electron chi connectivity index (χ0n) is 11.2. The fourth-order valence-corrected chi connectivity index (χ4v) is 1.61. The second kappa shape index (κ2) is 6.63. The van der Waals surface area contributed by atoms with Crippen molar-refractivity contribution in [1.29, 1.82) is 0 Å². The third-order valence-corrected chi connectivity index (χ3v) is 2.46. The molecule has 6 nitrogen and oxygen atoms in total. The summed E-state index contributed by atoms with van der Waals surface area (Å²) in [5.41, 5.74) is 1.53. The lowest BCUT2D eigenvalue weighted by Crippen LogP contribution is -2.37. The summed E-state index contributed by atoms with van der Waals surface area (Å²) in [6.07, 6.45) is -0.127. The molecule has 0 saturated heterocycles. The molecule has 0 aromatic heterocycles. The van der Waals surface area contributed by atoms with Gasteiger partial charge in [-0.1, -0.05) is 6.07 Å². The van der Waals surface area contributed by atoms with E-state index >= 15 is 0 Å². The van der Waals surface area contributed by atoms with Crippen LogP contribution in [0.25, 0.3) is 0 Å². The molecule has 6 heteroatoms. The van der Waals surface area contributed by atoms with Crippen LogP contribution in [0, 0.1) is 6.92 Å². The highest BCUT2D eigenvalue weighted by Crippen LogP contribution is 2.24. The number of carboxylic acid groups (broad SMARTS) is 1. The Morgan fingerprint density at radius 2 is 2.11 bits per heavy atom. The molecule has 0 radical (unpaired) electrons. The number of hydrogen-bond donors (Lipinski definition) is 3. The monoisotopic (exact) mass is 266 g/mol. The minimum atomic E-state index is -0.957. The van der Waals surface area contributed by atoms with E-state index in [4.69, 9.17) is 9.84 Å². The zero-order valence-corrected chi connectivity index (χ0v) is 11.2. The van der Waals surface area contributed by atoms with Crippen LogP contribution in [0.3, 0.4) is 0 Å². The average molecular weight is 266 g/mol. The predicted molar refractivity (Wildman–Crippen MR) is 71.6 cm³/mol. The van der Waals surface area contributed by atoms with E-state index in [-0.39, 0.29) is 6.42 Å². The molecule has 1 atom stereocenters. The first-order chi connectivity index (χ1) is 8.92. The number of ether oxygens (including phenoxy) is 1.